The molecule has 1 aliphatic carbocycles. The molecule has 4 heterocycles. The average molecular weight is 634 g/mol. The highest BCUT2D eigenvalue weighted by Crippen LogP contribution is 2.45. The maximum absolute atomic E-state index is 14.7. The van der Waals surface area contributed by atoms with E-state index in [-0.39, 0.29) is 29.1 Å². The summed E-state index contributed by atoms with van der Waals surface area (Å²) >= 11 is 0. The number of rotatable bonds is 8. The van der Waals surface area contributed by atoms with E-state index in [0.29, 0.717) is 42.3 Å². The number of hydrogen-bond donors (Lipinski definition) is 1. The molecule has 4 fully saturated rings. The second kappa shape index (κ2) is 12.2. The monoisotopic (exact) mass is 633 g/mol. The van der Waals surface area contributed by atoms with E-state index in [1.807, 2.05) is 23.1 Å². The minimum Gasteiger partial charge on any atom is -0.349 e. The highest BCUT2D eigenvalue weighted by molar-refractivity contribution is 6.07. The lowest BCUT2D eigenvalue weighted by Crippen LogP contribution is -2.49. The fourth-order valence-corrected chi connectivity index (χ4v) is 8.96. The number of benzene rings is 3. The second-order valence-corrected chi connectivity index (χ2v) is 14.4. The van der Waals surface area contributed by atoms with Crippen LogP contribution in [0.3, 0.4) is 0 Å². The molecule has 4 aliphatic rings. The predicted molar refractivity (Wildman–Crippen MR) is 181 cm³/mol. The molecule has 244 valence electrons. The molecule has 3 aromatic carbocycles. The van der Waals surface area contributed by atoms with Gasteiger partial charge >= 0.3 is 0 Å². The van der Waals surface area contributed by atoms with Crippen molar-refractivity contribution in [1.82, 2.24) is 24.7 Å². The first-order chi connectivity index (χ1) is 22.9. The van der Waals surface area contributed by atoms with Crippen LogP contribution >= 0.6 is 0 Å². The molecule has 3 aliphatic heterocycles. The molecule has 2 bridgehead atoms. The van der Waals surface area contributed by atoms with E-state index < -0.39 is 0 Å². The van der Waals surface area contributed by atoms with E-state index in [2.05, 4.69) is 52.0 Å². The SMILES string of the molecule is Cc1nc2ccccc2n1C1C[C@H]2CC[C@@H](C1)N2CCC1(c2cccc(F)c2)CCN(C(=O)c2ccccc2C(=O)NC2CC2)CC1. The van der Waals surface area contributed by atoms with E-state index in [1.54, 1.807) is 18.2 Å². The van der Waals surface area contributed by atoms with Gasteiger partial charge in [0.15, 0.2) is 0 Å². The van der Waals surface area contributed by atoms with Gasteiger partial charge in [0.2, 0.25) is 0 Å². The fourth-order valence-electron chi connectivity index (χ4n) is 8.96. The van der Waals surface area contributed by atoms with E-state index >= 15 is 0 Å². The molecule has 0 radical (unpaired) electrons. The zero-order valence-electron chi connectivity index (χ0n) is 27.2. The number of likely N-dealkylation sites (tertiary alicyclic amines) is 1. The number of imidazole rings is 1. The third kappa shape index (κ3) is 5.75. The second-order valence-electron chi connectivity index (χ2n) is 14.4. The lowest BCUT2D eigenvalue weighted by atomic mass is 9.70. The van der Waals surface area contributed by atoms with Gasteiger partial charge in [0.25, 0.3) is 11.8 Å². The summed E-state index contributed by atoms with van der Waals surface area (Å²) < 4.78 is 17.1. The number of nitrogens with zero attached hydrogens (tertiary/aromatic N) is 4. The van der Waals surface area contributed by atoms with Gasteiger partial charge < -0.3 is 14.8 Å². The number of halogens is 1. The fraction of sp³-hybridized carbons (Fsp3) is 0.462. The standard InChI is InChI=1S/C39H44FN5O2/c1-26-41-35-11-4-5-12-36(35)45(26)32-24-30-15-16-31(25-32)44(30)22-19-39(27-7-6-8-28(40)23-27)17-20-43(21-18-39)38(47)34-10-3-2-9-33(34)37(46)42-29-13-14-29/h2-12,23,29-32H,13-22,24-25H2,1H3,(H,42,46)/t30-,31+,32?. The van der Waals surface area contributed by atoms with Crippen molar-refractivity contribution >= 4 is 22.8 Å². The maximum Gasteiger partial charge on any atom is 0.254 e. The quantitative estimate of drug-likeness (QED) is 0.232. The van der Waals surface area contributed by atoms with E-state index in [1.165, 1.54) is 24.4 Å². The van der Waals surface area contributed by atoms with Crippen LogP contribution in [0.5, 0.6) is 0 Å². The van der Waals surface area contributed by atoms with Crippen LogP contribution in [0.1, 0.15) is 95.9 Å². The molecule has 1 aromatic heterocycles. The highest BCUT2D eigenvalue weighted by Gasteiger charge is 2.44. The molecular formula is C39H44FN5O2. The van der Waals surface area contributed by atoms with E-state index in [0.717, 1.165) is 68.4 Å². The average Bonchev–Trinajstić information content (AvgIpc) is 3.79. The number of hydrogen-bond acceptors (Lipinski definition) is 4. The lowest BCUT2D eigenvalue weighted by molar-refractivity contribution is 0.0603. The molecule has 1 N–H and O–H groups in total. The Morgan fingerprint density at radius 2 is 1.57 bits per heavy atom. The third-order valence-electron chi connectivity index (χ3n) is 11.6. The van der Waals surface area contributed by atoms with Crippen LogP contribution in [0.15, 0.2) is 72.8 Å². The minimum absolute atomic E-state index is 0.0955. The van der Waals surface area contributed by atoms with Gasteiger partial charge in [0.1, 0.15) is 11.6 Å². The number of amides is 2. The molecule has 2 amide bonds. The van der Waals surface area contributed by atoms with Gasteiger partial charge in [-0.1, -0.05) is 36.4 Å². The summed E-state index contributed by atoms with van der Waals surface area (Å²) in [6, 6.07) is 24.5. The zero-order chi connectivity index (χ0) is 32.1. The maximum atomic E-state index is 14.7. The molecule has 47 heavy (non-hydrogen) atoms. The number of para-hydroxylation sites is 2. The number of piperidine rings is 2. The summed E-state index contributed by atoms with van der Waals surface area (Å²) in [6.07, 6.45) is 9.15. The Morgan fingerprint density at radius 1 is 0.872 bits per heavy atom. The predicted octanol–water partition coefficient (Wildman–Crippen LogP) is 6.81. The van der Waals surface area contributed by atoms with Crippen molar-refractivity contribution in [3.05, 3.63) is 101 Å². The van der Waals surface area contributed by atoms with E-state index in [9.17, 15) is 14.0 Å². The molecule has 3 atom stereocenters. The minimum atomic E-state index is -0.213. The molecular weight excluding hydrogens is 589 g/mol. The summed E-state index contributed by atoms with van der Waals surface area (Å²) in [7, 11) is 0. The summed E-state index contributed by atoms with van der Waals surface area (Å²) in [6.45, 7) is 4.27. The van der Waals surface area contributed by atoms with Crippen LogP contribution in [-0.4, -0.2) is 68.9 Å². The molecule has 4 aromatic rings. The number of fused-ring (bicyclic) bond motifs is 3. The lowest BCUT2D eigenvalue weighted by Gasteiger charge is -2.45. The number of carbonyl (C=O) groups excluding carboxylic acids is 2. The Bertz CT molecular complexity index is 1790. The van der Waals surface area contributed by atoms with Gasteiger partial charge in [0, 0.05) is 37.3 Å². The largest absolute Gasteiger partial charge is 0.349 e. The molecule has 0 spiro atoms. The van der Waals surface area contributed by atoms with Crippen molar-refractivity contribution in [1.29, 1.82) is 0 Å². The van der Waals surface area contributed by atoms with Gasteiger partial charge in [0.05, 0.1) is 22.2 Å². The Labute approximate surface area is 276 Å². The summed E-state index contributed by atoms with van der Waals surface area (Å²) in [4.78, 5) is 36.3. The van der Waals surface area contributed by atoms with Crippen LogP contribution in [0.4, 0.5) is 4.39 Å². The molecule has 1 unspecified atom stereocenters. The van der Waals surface area contributed by atoms with Gasteiger partial charge in [-0.25, -0.2) is 9.37 Å². The first kappa shape index (κ1) is 30.3. The Balaban J connectivity index is 0.983. The van der Waals surface area contributed by atoms with Crippen molar-refractivity contribution in [3.63, 3.8) is 0 Å². The van der Waals surface area contributed by atoms with Gasteiger partial charge in [-0.2, -0.15) is 0 Å². The number of aryl methyl sites for hydroxylation is 1. The van der Waals surface area contributed by atoms with Crippen molar-refractivity contribution < 1.29 is 14.0 Å². The number of nitrogens with one attached hydrogen (secondary N) is 1. The van der Waals surface area contributed by atoms with Crippen molar-refractivity contribution in [2.45, 2.75) is 94.3 Å². The summed E-state index contributed by atoms with van der Waals surface area (Å²) in [5.74, 6) is 0.626. The normalized spacial score (nSPS) is 24.0. The molecule has 3 saturated heterocycles. The number of aromatic nitrogens is 2. The Kier molecular flexibility index (Phi) is 7.87. The van der Waals surface area contributed by atoms with Crippen molar-refractivity contribution in [3.8, 4) is 0 Å². The topological polar surface area (TPSA) is 70.5 Å². The first-order valence-corrected chi connectivity index (χ1v) is 17.5. The van der Waals surface area contributed by atoms with Gasteiger partial charge in [-0.05, 0) is 119 Å². The first-order valence-electron chi connectivity index (χ1n) is 17.5. The molecule has 8 rings (SSSR count). The van der Waals surface area contributed by atoms with Gasteiger partial charge in [-0.3, -0.25) is 14.5 Å². The Hall–Kier alpha value is -4.04. The van der Waals surface area contributed by atoms with E-state index in [4.69, 9.17) is 4.98 Å². The van der Waals surface area contributed by atoms with Crippen LogP contribution in [0.2, 0.25) is 0 Å². The van der Waals surface area contributed by atoms with Crippen molar-refractivity contribution in [2.24, 2.45) is 0 Å². The zero-order valence-corrected chi connectivity index (χ0v) is 27.2. The number of carbonyl (C=O) groups is 2. The smallest absolute Gasteiger partial charge is 0.254 e. The third-order valence-corrected chi connectivity index (χ3v) is 11.6. The summed E-state index contributed by atoms with van der Waals surface area (Å²) in [5.41, 5.74) is 4.05. The van der Waals surface area contributed by atoms with Crippen LogP contribution in [-0.2, 0) is 5.41 Å². The van der Waals surface area contributed by atoms with Crippen molar-refractivity contribution in [2.75, 3.05) is 19.6 Å². The van der Waals surface area contributed by atoms with Crippen LogP contribution < -0.4 is 5.32 Å². The summed E-state index contributed by atoms with van der Waals surface area (Å²) in [5, 5.41) is 3.04. The Morgan fingerprint density at radius 3 is 2.30 bits per heavy atom. The molecule has 1 saturated carbocycles. The van der Waals surface area contributed by atoms with Gasteiger partial charge in [-0.15, -0.1) is 0 Å². The van der Waals surface area contributed by atoms with Crippen LogP contribution in [0, 0.1) is 12.7 Å². The van der Waals surface area contributed by atoms with Crippen LogP contribution in [0.25, 0.3) is 11.0 Å². The molecule has 8 heteroatoms. The molecule has 7 nitrogen and oxygen atoms in total. The highest BCUT2D eigenvalue weighted by atomic mass is 19.1.